The van der Waals surface area contributed by atoms with E-state index < -0.39 is 5.97 Å². The van der Waals surface area contributed by atoms with Crippen molar-refractivity contribution in [2.45, 2.75) is 39.7 Å². The number of carbonyl (C=O) groups excluding carboxylic acids is 1. The van der Waals surface area contributed by atoms with Crippen LogP contribution in [0.5, 0.6) is 5.75 Å². The molecular weight excluding hydrogens is 266 g/mol. The normalized spacial score (nSPS) is 11.1. The highest BCUT2D eigenvalue weighted by molar-refractivity contribution is 5.98. The molecule has 21 heavy (non-hydrogen) atoms. The highest BCUT2D eigenvalue weighted by Gasteiger charge is 2.13. The summed E-state index contributed by atoms with van der Waals surface area (Å²) in [4.78, 5) is 11.8. The number of hydrogen-bond acceptors (Lipinski definition) is 4. The smallest absolute Gasteiger partial charge is 0.349 e. The highest BCUT2D eigenvalue weighted by Crippen LogP contribution is 2.21. The number of hydrogen-bond donors (Lipinski definition) is 0. The minimum absolute atomic E-state index is 0.0322. The number of nitriles is 1. The van der Waals surface area contributed by atoms with Crippen molar-refractivity contribution in [2.75, 3.05) is 6.61 Å². The van der Waals surface area contributed by atoms with Crippen molar-refractivity contribution in [2.24, 2.45) is 0 Å². The van der Waals surface area contributed by atoms with Crippen LogP contribution in [0.15, 0.2) is 29.8 Å². The van der Waals surface area contributed by atoms with Gasteiger partial charge < -0.3 is 9.47 Å². The third-order valence-electron chi connectivity index (χ3n) is 2.66. The molecule has 0 aliphatic carbocycles. The lowest BCUT2D eigenvalue weighted by molar-refractivity contribution is -0.142. The Labute approximate surface area is 126 Å². The standard InChI is InChI=1S/C17H21NO3/c1-4-5-10-20-16-9-7-6-8-14(16)11-15(12-18)17(19)21-13(2)3/h6-9,11,13H,4-5,10H2,1-3H3. The van der Waals surface area contributed by atoms with E-state index in [0.717, 1.165) is 12.8 Å². The van der Waals surface area contributed by atoms with Crippen LogP contribution in [0.2, 0.25) is 0 Å². The molecule has 4 nitrogen and oxygen atoms in total. The monoisotopic (exact) mass is 287 g/mol. The molecule has 0 bridgehead atoms. The van der Waals surface area contributed by atoms with Gasteiger partial charge in [-0.15, -0.1) is 0 Å². The lowest BCUT2D eigenvalue weighted by atomic mass is 10.1. The fourth-order valence-electron chi connectivity index (χ4n) is 1.63. The number of esters is 1. The maximum absolute atomic E-state index is 11.8. The zero-order valence-corrected chi connectivity index (χ0v) is 12.8. The average Bonchev–Trinajstić information content (AvgIpc) is 2.45. The lowest BCUT2D eigenvalue weighted by Gasteiger charge is -2.10. The van der Waals surface area contributed by atoms with Gasteiger partial charge in [-0.3, -0.25) is 0 Å². The first-order valence-corrected chi connectivity index (χ1v) is 7.13. The summed E-state index contributed by atoms with van der Waals surface area (Å²) < 4.78 is 10.7. The van der Waals surface area contributed by atoms with Crippen molar-refractivity contribution >= 4 is 12.0 Å². The molecule has 1 aromatic carbocycles. The second-order valence-corrected chi connectivity index (χ2v) is 4.86. The molecule has 0 aliphatic heterocycles. The summed E-state index contributed by atoms with van der Waals surface area (Å²) in [5.74, 6) is 0.0481. The zero-order valence-electron chi connectivity index (χ0n) is 12.8. The first-order valence-electron chi connectivity index (χ1n) is 7.13. The molecule has 4 heteroatoms. The molecule has 0 saturated heterocycles. The van der Waals surface area contributed by atoms with E-state index in [4.69, 9.17) is 14.7 Å². The van der Waals surface area contributed by atoms with Crippen molar-refractivity contribution < 1.29 is 14.3 Å². The second-order valence-electron chi connectivity index (χ2n) is 4.86. The van der Waals surface area contributed by atoms with Crippen molar-refractivity contribution in [3.05, 3.63) is 35.4 Å². The summed E-state index contributed by atoms with van der Waals surface area (Å²) in [5.41, 5.74) is 0.668. The van der Waals surface area contributed by atoms with E-state index in [2.05, 4.69) is 6.92 Å². The molecule has 112 valence electrons. The van der Waals surface area contributed by atoms with Gasteiger partial charge in [0.15, 0.2) is 0 Å². The van der Waals surface area contributed by atoms with Crippen LogP contribution in [0.3, 0.4) is 0 Å². The highest BCUT2D eigenvalue weighted by atomic mass is 16.5. The van der Waals surface area contributed by atoms with Crippen LogP contribution in [0, 0.1) is 11.3 Å². The van der Waals surface area contributed by atoms with Crippen molar-refractivity contribution in [3.63, 3.8) is 0 Å². The summed E-state index contributed by atoms with van der Waals surface area (Å²) in [5, 5.41) is 9.12. The third kappa shape index (κ3) is 5.70. The van der Waals surface area contributed by atoms with Gasteiger partial charge in [-0.1, -0.05) is 31.5 Å². The van der Waals surface area contributed by atoms with Gasteiger partial charge in [0.2, 0.25) is 0 Å². The molecule has 0 aromatic heterocycles. The van der Waals surface area contributed by atoms with Gasteiger partial charge in [0.05, 0.1) is 12.7 Å². The van der Waals surface area contributed by atoms with Crippen molar-refractivity contribution in [1.29, 1.82) is 5.26 Å². The topological polar surface area (TPSA) is 59.3 Å². The summed E-state index contributed by atoms with van der Waals surface area (Å²) >= 11 is 0. The van der Waals surface area contributed by atoms with Gasteiger partial charge in [0.25, 0.3) is 0 Å². The van der Waals surface area contributed by atoms with E-state index in [0.29, 0.717) is 17.9 Å². The Morgan fingerprint density at radius 2 is 2.10 bits per heavy atom. The van der Waals surface area contributed by atoms with Crippen LogP contribution in [0.1, 0.15) is 39.2 Å². The molecule has 0 saturated carbocycles. The molecule has 0 amide bonds. The number of nitrogens with zero attached hydrogens (tertiary/aromatic N) is 1. The molecule has 0 heterocycles. The van der Waals surface area contributed by atoms with E-state index in [1.807, 2.05) is 24.3 Å². The van der Waals surface area contributed by atoms with E-state index in [1.165, 1.54) is 6.08 Å². The van der Waals surface area contributed by atoms with Crippen LogP contribution < -0.4 is 4.74 Å². The van der Waals surface area contributed by atoms with Crippen LogP contribution >= 0.6 is 0 Å². The van der Waals surface area contributed by atoms with Gasteiger partial charge in [0, 0.05) is 5.56 Å². The van der Waals surface area contributed by atoms with E-state index in [-0.39, 0.29) is 11.7 Å². The maximum atomic E-state index is 11.8. The minimum atomic E-state index is -0.615. The Balaban J connectivity index is 2.95. The van der Waals surface area contributed by atoms with Crippen LogP contribution in [0.25, 0.3) is 6.08 Å². The van der Waals surface area contributed by atoms with Crippen molar-refractivity contribution in [3.8, 4) is 11.8 Å². The van der Waals surface area contributed by atoms with E-state index in [9.17, 15) is 4.79 Å². The van der Waals surface area contributed by atoms with Gasteiger partial charge in [-0.2, -0.15) is 5.26 Å². The summed E-state index contributed by atoms with van der Waals surface area (Å²) in [7, 11) is 0. The van der Waals surface area contributed by atoms with Crippen molar-refractivity contribution in [1.82, 2.24) is 0 Å². The second kappa shape index (κ2) is 8.80. The fraction of sp³-hybridized carbons (Fsp3) is 0.412. The SMILES string of the molecule is CCCCOc1ccccc1C=C(C#N)C(=O)OC(C)C. The number of para-hydroxylation sites is 1. The predicted octanol–water partition coefficient (Wildman–Crippen LogP) is 3.72. The van der Waals surface area contributed by atoms with Gasteiger partial charge in [0.1, 0.15) is 17.4 Å². The van der Waals surface area contributed by atoms with Crippen LogP contribution in [0.4, 0.5) is 0 Å². The number of ether oxygens (including phenoxy) is 2. The lowest BCUT2D eigenvalue weighted by Crippen LogP contribution is -2.12. The maximum Gasteiger partial charge on any atom is 0.349 e. The van der Waals surface area contributed by atoms with Crippen LogP contribution in [-0.2, 0) is 9.53 Å². The van der Waals surface area contributed by atoms with Crippen LogP contribution in [-0.4, -0.2) is 18.7 Å². The Kier molecular flexibility index (Phi) is 7.03. The molecular formula is C17H21NO3. The molecule has 0 atom stereocenters. The van der Waals surface area contributed by atoms with E-state index in [1.54, 1.807) is 19.9 Å². The fourth-order valence-corrected chi connectivity index (χ4v) is 1.63. The molecule has 1 rings (SSSR count). The molecule has 0 fully saturated rings. The minimum Gasteiger partial charge on any atom is -0.493 e. The number of benzene rings is 1. The molecule has 0 unspecified atom stereocenters. The Bertz CT molecular complexity index is 541. The molecule has 0 aliphatic rings. The molecule has 0 spiro atoms. The quantitative estimate of drug-likeness (QED) is 0.332. The predicted molar refractivity (Wildman–Crippen MR) is 81.7 cm³/mol. The first kappa shape index (κ1) is 16.8. The molecule has 0 radical (unpaired) electrons. The first-order chi connectivity index (χ1) is 10.1. The number of rotatable bonds is 7. The number of carbonyl (C=O) groups is 1. The summed E-state index contributed by atoms with van der Waals surface area (Å²) in [6.45, 7) is 6.19. The Morgan fingerprint density at radius 1 is 1.38 bits per heavy atom. The molecule has 0 N–H and O–H groups in total. The average molecular weight is 287 g/mol. The summed E-state index contributed by atoms with van der Waals surface area (Å²) in [6, 6.07) is 9.20. The zero-order chi connectivity index (χ0) is 15.7. The third-order valence-corrected chi connectivity index (χ3v) is 2.66. The number of unbranched alkanes of at least 4 members (excludes halogenated alkanes) is 1. The van der Waals surface area contributed by atoms with Gasteiger partial charge >= 0.3 is 5.97 Å². The Morgan fingerprint density at radius 3 is 2.71 bits per heavy atom. The Hall–Kier alpha value is -2.28. The van der Waals surface area contributed by atoms with Gasteiger partial charge in [-0.25, -0.2) is 4.79 Å². The largest absolute Gasteiger partial charge is 0.493 e. The van der Waals surface area contributed by atoms with E-state index >= 15 is 0 Å². The molecule has 1 aromatic rings. The van der Waals surface area contributed by atoms with Gasteiger partial charge in [-0.05, 0) is 32.4 Å². The summed E-state index contributed by atoms with van der Waals surface area (Å²) in [6.07, 6.45) is 3.25.